The largest absolute Gasteiger partial charge is 0.397 e. The van der Waals surface area contributed by atoms with Gasteiger partial charge in [0.15, 0.2) is 0 Å². The molecule has 1 unspecified atom stereocenters. The Morgan fingerprint density at radius 1 is 1.47 bits per heavy atom. The Balaban J connectivity index is 2.61. The van der Waals surface area contributed by atoms with E-state index < -0.39 is 0 Å². The third kappa shape index (κ3) is 4.56. The molecule has 0 bridgehead atoms. The number of carbonyl (C=O) groups is 1. The van der Waals surface area contributed by atoms with Crippen molar-refractivity contribution in [3.63, 3.8) is 0 Å². The molecule has 1 aromatic carbocycles. The van der Waals surface area contributed by atoms with Crippen molar-refractivity contribution in [2.45, 2.75) is 39.7 Å². The van der Waals surface area contributed by atoms with Gasteiger partial charge in [0.1, 0.15) is 0 Å². The smallest absolute Gasteiger partial charge is 0.238 e. The molecule has 1 rings (SSSR count). The maximum absolute atomic E-state index is 12.0. The number of nitrogens with zero attached hydrogens (tertiary/aromatic N) is 1. The number of benzene rings is 1. The summed E-state index contributed by atoms with van der Waals surface area (Å²) in [6.07, 6.45) is 2.22. The summed E-state index contributed by atoms with van der Waals surface area (Å²) in [6, 6.07) is 6.03. The minimum absolute atomic E-state index is 0.0218. The number of anilines is 2. The monoisotopic (exact) mass is 263 g/mol. The van der Waals surface area contributed by atoms with Crippen molar-refractivity contribution in [2.24, 2.45) is 0 Å². The van der Waals surface area contributed by atoms with Gasteiger partial charge in [0.2, 0.25) is 5.91 Å². The van der Waals surface area contributed by atoms with Crippen molar-refractivity contribution in [3.05, 3.63) is 23.8 Å². The van der Waals surface area contributed by atoms with Gasteiger partial charge in [0.05, 0.1) is 17.9 Å². The molecule has 1 aromatic rings. The molecule has 0 saturated heterocycles. The Kier molecular flexibility index (Phi) is 5.83. The molecule has 19 heavy (non-hydrogen) atoms. The van der Waals surface area contributed by atoms with Crippen molar-refractivity contribution in [1.82, 2.24) is 4.90 Å². The fourth-order valence-electron chi connectivity index (χ4n) is 2.06. The molecule has 4 heteroatoms. The normalized spacial score (nSPS) is 12.5. The number of nitrogens with one attached hydrogen (secondary N) is 1. The summed E-state index contributed by atoms with van der Waals surface area (Å²) in [7, 11) is 1.97. The topological polar surface area (TPSA) is 58.4 Å². The van der Waals surface area contributed by atoms with Crippen LogP contribution in [0.25, 0.3) is 0 Å². The molecule has 0 radical (unpaired) electrons. The molecule has 1 amide bonds. The predicted octanol–water partition coefficient (Wildman–Crippen LogP) is 2.64. The third-order valence-corrected chi connectivity index (χ3v) is 3.42. The molecule has 106 valence electrons. The zero-order valence-corrected chi connectivity index (χ0v) is 12.4. The number of nitrogens with two attached hydrogens (primary N) is 1. The maximum atomic E-state index is 12.0. The van der Waals surface area contributed by atoms with E-state index in [1.165, 1.54) is 0 Å². The molecule has 0 saturated carbocycles. The lowest BCUT2D eigenvalue weighted by molar-refractivity contribution is -0.117. The summed E-state index contributed by atoms with van der Waals surface area (Å²) >= 11 is 0. The second kappa shape index (κ2) is 7.14. The first-order valence-electron chi connectivity index (χ1n) is 6.80. The molecule has 4 nitrogen and oxygen atoms in total. The van der Waals surface area contributed by atoms with Crippen molar-refractivity contribution in [2.75, 3.05) is 24.6 Å². The second-order valence-corrected chi connectivity index (χ2v) is 5.14. The quantitative estimate of drug-likeness (QED) is 0.776. The van der Waals surface area contributed by atoms with Gasteiger partial charge in [-0.1, -0.05) is 25.5 Å². The van der Waals surface area contributed by atoms with Crippen LogP contribution in [0, 0.1) is 6.92 Å². The fourth-order valence-corrected chi connectivity index (χ4v) is 2.06. The molecule has 1 atom stereocenters. The van der Waals surface area contributed by atoms with Crippen LogP contribution in [0.1, 0.15) is 32.3 Å². The lowest BCUT2D eigenvalue weighted by Crippen LogP contribution is -2.36. The minimum Gasteiger partial charge on any atom is -0.397 e. The molecule has 0 spiro atoms. The highest BCUT2D eigenvalue weighted by Gasteiger charge is 2.13. The lowest BCUT2D eigenvalue weighted by atomic mass is 10.1. The van der Waals surface area contributed by atoms with Gasteiger partial charge in [-0.3, -0.25) is 9.69 Å². The summed E-state index contributed by atoms with van der Waals surface area (Å²) in [5.41, 5.74) is 8.20. The summed E-state index contributed by atoms with van der Waals surface area (Å²) in [4.78, 5) is 14.1. The molecule has 0 fully saturated rings. The van der Waals surface area contributed by atoms with E-state index in [9.17, 15) is 4.79 Å². The highest BCUT2D eigenvalue weighted by atomic mass is 16.2. The van der Waals surface area contributed by atoms with Crippen molar-refractivity contribution >= 4 is 17.3 Å². The van der Waals surface area contributed by atoms with Gasteiger partial charge >= 0.3 is 0 Å². The average molecular weight is 263 g/mol. The second-order valence-electron chi connectivity index (χ2n) is 5.14. The third-order valence-electron chi connectivity index (χ3n) is 3.42. The number of likely N-dealkylation sites (N-methyl/N-ethyl adjacent to an activating group) is 1. The Bertz CT molecular complexity index is 411. The molecule has 0 aliphatic carbocycles. The zero-order chi connectivity index (χ0) is 14.4. The summed E-state index contributed by atoms with van der Waals surface area (Å²) in [5.74, 6) is -0.0218. The van der Waals surface area contributed by atoms with Gasteiger partial charge in [-0.05, 0) is 38.9 Å². The van der Waals surface area contributed by atoms with E-state index in [0.29, 0.717) is 18.3 Å². The molecule has 0 aliphatic heterocycles. The van der Waals surface area contributed by atoms with E-state index in [2.05, 4.69) is 24.1 Å². The summed E-state index contributed by atoms with van der Waals surface area (Å²) < 4.78 is 0. The predicted molar refractivity (Wildman–Crippen MR) is 81.2 cm³/mol. The number of para-hydroxylation sites is 1. The van der Waals surface area contributed by atoms with Crippen LogP contribution in [0.4, 0.5) is 11.4 Å². The van der Waals surface area contributed by atoms with E-state index in [4.69, 9.17) is 5.73 Å². The van der Waals surface area contributed by atoms with Crippen molar-refractivity contribution in [1.29, 1.82) is 0 Å². The summed E-state index contributed by atoms with van der Waals surface area (Å²) in [6.45, 7) is 6.61. The lowest BCUT2D eigenvalue weighted by Gasteiger charge is -2.24. The van der Waals surface area contributed by atoms with Crippen LogP contribution in [-0.4, -0.2) is 30.4 Å². The van der Waals surface area contributed by atoms with Gasteiger partial charge in [-0.2, -0.15) is 0 Å². The van der Waals surface area contributed by atoms with Gasteiger partial charge < -0.3 is 11.1 Å². The number of carbonyl (C=O) groups excluding carboxylic acids is 1. The first-order chi connectivity index (χ1) is 8.95. The Morgan fingerprint density at radius 2 is 2.16 bits per heavy atom. The highest BCUT2D eigenvalue weighted by Crippen LogP contribution is 2.22. The van der Waals surface area contributed by atoms with E-state index >= 15 is 0 Å². The van der Waals surface area contributed by atoms with Crippen molar-refractivity contribution < 1.29 is 4.79 Å². The molecule has 0 heterocycles. The SMILES string of the molecule is CCCC(C)N(C)CC(=O)Nc1c(C)cccc1N. The van der Waals surface area contributed by atoms with Crippen LogP contribution in [0.3, 0.4) is 0 Å². The Morgan fingerprint density at radius 3 is 2.74 bits per heavy atom. The standard InChI is InChI=1S/C15H25N3O/c1-5-7-12(3)18(4)10-14(19)17-15-11(2)8-6-9-13(15)16/h6,8-9,12H,5,7,10,16H2,1-4H3,(H,17,19). The van der Waals surface area contributed by atoms with Crippen LogP contribution in [-0.2, 0) is 4.79 Å². The van der Waals surface area contributed by atoms with Crippen LogP contribution in [0.5, 0.6) is 0 Å². The van der Waals surface area contributed by atoms with Crippen molar-refractivity contribution in [3.8, 4) is 0 Å². The van der Waals surface area contributed by atoms with Crippen LogP contribution in [0.15, 0.2) is 18.2 Å². The van der Waals surface area contributed by atoms with Crippen LogP contribution in [0.2, 0.25) is 0 Å². The molecule has 0 aromatic heterocycles. The molecular formula is C15H25N3O. The number of hydrogen-bond donors (Lipinski definition) is 2. The highest BCUT2D eigenvalue weighted by molar-refractivity contribution is 5.96. The first-order valence-corrected chi connectivity index (χ1v) is 6.80. The number of aryl methyl sites for hydroxylation is 1. The minimum atomic E-state index is -0.0218. The molecule has 0 aliphatic rings. The van der Waals surface area contributed by atoms with E-state index in [1.54, 1.807) is 6.07 Å². The molecular weight excluding hydrogens is 238 g/mol. The fraction of sp³-hybridized carbons (Fsp3) is 0.533. The van der Waals surface area contributed by atoms with E-state index in [0.717, 1.165) is 24.1 Å². The first kappa shape index (κ1) is 15.5. The number of rotatable bonds is 6. The van der Waals surface area contributed by atoms with Gasteiger partial charge in [0.25, 0.3) is 0 Å². The number of hydrogen-bond acceptors (Lipinski definition) is 3. The van der Waals surface area contributed by atoms with Gasteiger partial charge in [0, 0.05) is 6.04 Å². The average Bonchev–Trinajstić information content (AvgIpc) is 2.34. The molecule has 3 N–H and O–H groups in total. The van der Waals surface area contributed by atoms with E-state index in [-0.39, 0.29) is 5.91 Å². The maximum Gasteiger partial charge on any atom is 0.238 e. The number of nitrogen functional groups attached to an aromatic ring is 1. The van der Waals surface area contributed by atoms with Crippen LogP contribution < -0.4 is 11.1 Å². The van der Waals surface area contributed by atoms with Gasteiger partial charge in [-0.25, -0.2) is 0 Å². The van der Waals surface area contributed by atoms with Crippen LogP contribution >= 0.6 is 0 Å². The van der Waals surface area contributed by atoms with E-state index in [1.807, 2.05) is 26.1 Å². The van der Waals surface area contributed by atoms with Gasteiger partial charge in [-0.15, -0.1) is 0 Å². The number of amides is 1. The Labute approximate surface area is 116 Å². The Hall–Kier alpha value is -1.55. The summed E-state index contributed by atoms with van der Waals surface area (Å²) in [5, 5.41) is 2.90. The zero-order valence-electron chi connectivity index (χ0n) is 12.4.